The highest BCUT2D eigenvalue weighted by atomic mass is 16.2. The van der Waals surface area contributed by atoms with Crippen molar-refractivity contribution in [3.63, 3.8) is 0 Å². The van der Waals surface area contributed by atoms with E-state index in [1.54, 1.807) is 6.92 Å². The first-order valence-electron chi connectivity index (χ1n) is 5.83. The van der Waals surface area contributed by atoms with E-state index in [0.717, 1.165) is 12.1 Å². The Morgan fingerprint density at radius 2 is 2.00 bits per heavy atom. The summed E-state index contributed by atoms with van der Waals surface area (Å²) in [4.78, 5) is 13.7. The first-order chi connectivity index (χ1) is 7.43. The van der Waals surface area contributed by atoms with Crippen LogP contribution in [0.1, 0.15) is 45.6 Å². The van der Waals surface area contributed by atoms with Gasteiger partial charge in [-0.25, -0.2) is 0 Å². The standard InChI is InChI=1S/C14H19NO/c1-10-9-14(3,4)15(11(2)16)13-8-6-5-7-12(10)13/h5-8,10H,9H2,1-4H3/t10-/m1/s1. The number of carbonyl (C=O) groups is 1. The van der Waals surface area contributed by atoms with Crippen LogP contribution in [0.5, 0.6) is 0 Å². The lowest BCUT2D eigenvalue weighted by atomic mass is 9.80. The fourth-order valence-corrected chi connectivity index (χ4v) is 2.98. The number of para-hydroxylation sites is 1. The van der Waals surface area contributed by atoms with Gasteiger partial charge < -0.3 is 4.90 Å². The van der Waals surface area contributed by atoms with Crippen LogP contribution in [0.25, 0.3) is 0 Å². The van der Waals surface area contributed by atoms with Crippen molar-refractivity contribution in [2.24, 2.45) is 0 Å². The molecule has 0 fully saturated rings. The lowest BCUT2D eigenvalue weighted by Crippen LogP contribution is -2.50. The molecule has 0 aliphatic carbocycles. The smallest absolute Gasteiger partial charge is 0.224 e. The molecule has 2 nitrogen and oxygen atoms in total. The highest BCUT2D eigenvalue weighted by molar-refractivity contribution is 5.94. The summed E-state index contributed by atoms with van der Waals surface area (Å²) >= 11 is 0. The number of fused-ring (bicyclic) bond motifs is 1. The first kappa shape index (κ1) is 11.2. The maximum absolute atomic E-state index is 11.8. The molecule has 0 aromatic heterocycles. The van der Waals surface area contributed by atoms with Gasteiger partial charge >= 0.3 is 0 Å². The van der Waals surface area contributed by atoms with E-state index in [1.807, 2.05) is 23.1 Å². The zero-order chi connectivity index (χ0) is 11.9. The minimum Gasteiger partial charge on any atom is -0.307 e. The fraction of sp³-hybridized carbons (Fsp3) is 0.500. The lowest BCUT2D eigenvalue weighted by Gasteiger charge is -2.45. The largest absolute Gasteiger partial charge is 0.307 e. The van der Waals surface area contributed by atoms with Gasteiger partial charge in [-0.3, -0.25) is 4.79 Å². The van der Waals surface area contributed by atoms with E-state index in [1.165, 1.54) is 5.56 Å². The third kappa shape index (κ3) is 1.62. The van der Waals surface area contributed by atoms with Gasteiger partial charge in [-0.2, -0.15) is 0 Å². The summed E-state index contributed by atoms with van der Waals surface area (Å²) in [5.74, 6) is 0.645. The second-order valence-corrected chi connectivity index (χ2v) is 5.33. The molecule has 0 saturated heterocycles. The molecular formula is C14H19NO. The Balaban J connectivity index is 2.59. The SMILES string of the molecule is CC(=O)N1c2ccccc2[C@H](C)CC1(C)C. The van der Waals surface area contributed by atoms with Crippen molar-refractivity contribution in [2.75, 3.05) is 4.90 Å². The molecule has 0 bridgehead atoms. The van der Waals surface area contributed by atoms with Gasteiger partial charge in [0.15, 0.2) is 0 Å². The number of carbonyl (C=O) groups excluding carboxylic acids is 1. The van der Waals surface area contributed by atoms with Crippen LogP contribution in [0.2, 0.25) is 0 Å². The maximum Gasteiger partial charge on any atom is 0.224 e. The topological polar surface area (TPSA) is 20.3 Å². The van der Waals surface area contributed by atoms with Crippen molar-refractivity contribution in [1.29, 1.82) is 0 Å². The molecule has 86 valence electrons. The van der Waals surface area contributed by atoms with Gasteiger partial charge in [-0.1, -0.05) is 25.1 Å². The number of anilines is 1. The van der Waals surface area contributed by atoms with Crippen LogP contribution < -0.4 is 4.90 Å². The molecule has 16 heavy (non-hydrogen) atoms. The number of nitrogens with zero attached hydrogens (tertiary/aromatic N) is 1. The molecule has 0 saturated carbocycles. The minimum atomic E-state index is -0.0837. The lowest BCUT2D eigenvalue weighted by molar-refractivity contribution is -0.117. The number of rotatable bonds is 0. The normalized spacial score (nSPS) is 22.8. The molecule has 2 rings (SSSR count). The van der Waals surface area contributed by atoms with Gasteiger partial charge in [-0.05, 0) is 37.8 Å². The van der Waals surface area contributed by atoms with E-state index in [-0.39, 0.29) is 11.4 Å². The van der Waals surface area contributed by atoms with Crippen LogP contribution in [-0.4, -0.2) is 11.4 Å². The van der Waals surface area contributed by atoms with Crippen LogP contribution in [0.3, 0.4) is 0 Å². The van der Waals surface area contributed by atoms with Crippen LogP contribution >= 0.6 is 0 Å². The number of hydrogen-bond donors (Lipinski definition) is 0. The molecule has 2 heteroatoms. The summed E-state index contributed by atoms with van der Waals surface area (Å²) in [6.07, 6.45) is 1.02. The molecule has 1 aliphatic rings. The van der Waals surface area contributed by atoms with Crippen molar-refractivity contribution in [1.82, 2.24) is 0 Å². The quantitative estimate of drug-likeness (QED) is 0.652. The summed E-state index contributed by atoms with van der Waals surface area (Å²) in [7, 11) is 0. The summed E-state index contributed by atoms with van der Waals surface area (Å²) in [5.41, 5.74) is 2.29. The number of hydrogen-bond acceptors (Lipinski definition) is 1. The first-order valence-corrected chi connectivity index (χ1v) is 5.83. The van der Waals surface area contributed by atoms with Crippen molar-refractivity contribution >= 4 is 11.6 Å². The minimum absolute atomic E-state index is 0.0837. The molecule has 1 aromatic carbocycles. The molecule has 1 atom stereocenters. The number of benzene rings is 1. The van der Waals surface area contributed by atoms with E-state index < -0.39 is 0 Å². The second-order valence-electron chi connectivity index (χ2n) is 5.33. The molecule has 0 unspecified atom stereocenters. The Bertz CT molecular complexity index is 422. The van der Waals surface area contributed by atoms with Crippen molar-refractivity contribution in [2.45, 2.75) is 45.6 Å². The van der Waals surface area contributed by atoms with E-state index in [2.05, 4.69) is 26.8 Å². The maximum atomic E-state index is 11.8. The average Bonchev–Trinajstić information content (AvgIpc) is 2.15. The summed E-state index contributed by atoms with van der Waals surface area (Å²) in [6.45, 7) is 8.16. The average molecular weight is 217 g/mol. The van der Waals surface area contributed by atoms with Gasteiger partial charge in [0.2, 0.25) is 5.91 Å². The van der Waals surface area contributed by atoms with Crippen LogP contribution in [-0.2, 0) is 4.79 Å². The summed E-state index contributed by atoms with van der Waals surface area (Å²) in [6, 6.07) is 8.23. The summed E-state index contributed by atoms with van der Waals surface area (Å²) < 4.78 is 0. The predicted octanol–water partition coefficient (Wildman–Crippen LogP) is 3.33. The molecule has 1 aromatic rings. The Morgan fingerprint density at radius 1 is 1.38 bits per heavy atom. The zero-order valence-corrected chi connectivity index (χ0v) is 10.4. The summed E-state index contributed by atoms with van der Waals surface area (Å²) in [5, 5.41) is 0. The van der Waals surface area contributed by atoms with Crippen molar-refractivity contribution < 1.29 is 4.79 Å². The second kappa shape index (κ2) is 3.62. The molecule has 1 heterocycles. The number of amides is 1. The highest BCUT2D eigenvalue weighted by Crippen LogP contribution is 2.42. The van der Waals surface area contributed by atoms with Crippen LogP contribution in [0.4, 0.5) is 5.69 Å². The molecule has 0 spiro atoms. The van der Waals surface area contributed by atoms with Gasteiger partial charge in [0.05, 0.1) is 0 Å². The third-order valence-corrected chi connectivity index (χ3v) is 3.43. The van der Waals surface area contributed by atoms with Crippen molar-refractivity contribution in [3.8, 4) is 0 Å². The van der Waals surface area contributed by atoms with Gasteiger partial charge in [0.25, 0.3) is 0 Å². The monoisotopic (exact) mass is 217 g/mol. The molecule has 0 N–H and O–H groups in total. The van der Waals surface area contributed by atoms with E-state index in [4.69, 9.17) is 0 Å². The van der Waals surface area contributed by atoms with E-state index in [0.29, 0.717) is 5.92 Å². The predicted molar refractivity (Wildman–Crippen MR) is 66.7 cm³/mol. The van der Waals surface area contributed by atoms with E-state index in [9.17, 15) is 4.79 Å². The fourth-order valence-electron chi connectivity index (χ4n) is 2.98. The van der Waals surface area contributed by atoms with Crippen molar-refractivity contribution in [3.05, 3.63) is 29.8 Å². The Labute approximate surface area is 97.3 Å². The van der Waals surface area contributed by atoms with E-state index >= 15 is 0 Å². The Morgan fingerprint density at radius 3 is 2.62 bits per heavy atom. The third-order valence-electron chi connectivity index (χ3n) is 3.43. The van der Waals surface area contributed by atoms with Crippen LogP contribution in [0, 0.1) is 0 Å². The Hall–Kier alpha value is -1.31. The zero-order valence-electron chi connectivity index (χ0n) is 10.4. The Kier molecular flexibility index (Phi) is 2.53. The highest BCUT2D eigenvalue weighted by Gasteiger charge is 2.38. The van der Waals surface area contributed by atoms with Gasteiger partial charge in [-0.15, -0.1) is 0 Å². The molecule has 1 amide bonds. The molecule has 1 aliphatic heterocycles. The molecule has 0 radical (unpaired) electrons. The van der Waals surface area contributed by atoms with Crippen LogP contribution in [0.15, 0.2) is 24.3 Å². The van der Waals surface area contributed by atoms with Gasteiger partial charge in [0.1, 0.15) is 0 Å². The molecular weight excluding hydrogens is 198 g/mol. The van der Waals surface area contributed by atoms with Gasteiger partial charge in [0, 0.05) is 18.2 Å².